The van der Waals surface area contributed by atoms with E-state index >= 15 is 0 Å². The molecule has 21 heavy (non-hydrogen) atoms. The summed E-state index contributed by atoms with van der Waals surface area (Å²) in [6.07, 6.45) is 7.19. The maximum Gasteiger partial charge on any atom is 0.242 e. The molecule has 2 aromatic rings. The van der Waals surface area contributed by atoms with Gasteiger partial charge in [0.15, 0.2) is 5.13 Å². The maximum absolute atomic E-state index is 12.4. The van der Waals surface area contributed by atoms with E-state index in [-0.39, 0.29) is 5.91 Å². The number of likely N-dealkylation sites (tertiary alicyclic amines) is 1. The molecule has 0 N–H and O–H groups in total. The minimum atomic E-state index is 0.0791. The lowest BCUT2D eigenvalue weighted by molar-refractivity contribution is -0.119. The Morgan fingerprint density at radius 1 is 1.57 bits per heavy atom. The van der Waals surface area contributed by atoms with E-state index in [9.17, 15) is 4.79 Å². The van der Waals surface area contributed by atoms with Crippen molar-refractivity contribution in [3.8, 4) is 0 Å². The first kappa shape index (κ1) is 14.2. The number of likely N-dealkylation sites (N-methyl/N-ethyl adjacent to an activating group) is 1. The van der Waals surface area contributed by atoms with E-state index in [0.717, 1.165) is 31.1 Å². The molecule has 0 bridgehead atoms. The Balaban J connectivity index is 1.59. The van der Waals surface area contributed by atoms with Gasteiger partial charge in [0.25, 0.3) is 0 Å². The molecule has 0 spiro atoms. The molecule has 1 fully saturated rings. The molecule has 8 heteroatoms. The number of carbonyl (C=O) groups excluding carboxylic acids is 1. The summed E-state index contributed by atoms with van der Waals surface area (Å²) < 4.78 is 1.83. The lowest BCUT2D eigenvalue weighted by atomic mass is 10.2. The number of carbonyl (C=O) groups is 1. The van der Waals surface area contributed by atoms with Gasteiger partial charge in [-0.05, 0) is 19.4 Å². The summed E-state index contributed by atoms with van der Waals surface area (Å²) in [6, 6.07) is 0.348. The number of hydrogen-bond donors (Lipinski definition) is 0. The van der Waals surface area contributed by atoms with Crippen LogP contribution in [0.1, 0.15) is 12.8 Å². The molecule has 2 aromatic heterocycles. The van der Waals surface area contributed by atoms with E-state index in [4.69, 9.17) is 0 Å². The van der Waals surface area contributed by atoms with Crippen LogP contribution in [0.4, 0.5) is 5.13 Å². The fraction of sp³-hybridized carbons (Fsp3) is 0.538. The number of nitrogens with zero attached hydrogens (tertiary/aromatic N) is 6. The van der Waals surface area contributed by atoms with Gasteiger partial charge in [0.05, 0.1) is 13.1 Å². The molecule has 112 valence electrons. The van der Waals surface area contributed by atoms with Gasteiger partial charge in [-0.2, -0.15) is 5.10 Å². The van der Waals surface area contributed by atoms with Gasteiger partial charge in [-0.15, -0.1) is 11.3 Å². The van der Waals surface area contributed by atoms with Crippen molar-refractivity contribution in [2.45, 2.75) is 25.4 Å². The van der Waals surface area contributed by atoms with Crippen LogP contribution in [-0.2, 0) is 11.3 Å². The minimum Gasteiger partial charge on any atom is -0.290 e. The van der Waals surface area contributed by atoms with Gasteiger partial charge >= 0.3 is 0 Å². The average molecular weight is 306 g/mol. The first-order valence-electron chi connectivity index (χ1n) is 6.96. The van der Waals surface area contributed by atoms with Crippen molar-refractivity contribution in [1.29, 1.82) is 0 Å². The molecular formula is C13H18N6OS. The Morgan fingerprint density at radius 3 is 3.19 bits per heavy atom. The van der Waals surface area contributed by atoms with Crippen molar-refractivity contribution in [1.82, 2.24) is 24.6 Å². The smallest absolute Gasteiger partial charge is 0.242 e. The second-order valence-electron chi connectivity index (χ2n) is 5.15. The monoisotopic (exact) mass is 306 g/mol. The third-order valence-corrected chi connectivity index (χ3v) is 4.63. The van der Waals surface area contributed by atoms with Crippen LogP contribution in [0.2, 0.25) is 0 Å². The highest BCUT2D eigenvalue weighted by atomic mass is 32.1. The highest BCUT2D eigenvalue weighted by Crippen LogP contribution is 2.20. The highest BCUT2D eigenvalue weighted by molar-refractivity contribution is 7.13. The molecule has 1 saturated heterocycles. The van der Waals surface area contributed by atoms with E-state index in [1.54, 1.807) is 30.8 Å². The number of aromatic nitrogens is 4. The zero-order valence-electron chi connectivity index (χ0n) is 11.9. The van der Waals surface area contributed by atoms with Crippen molar-refractivity contribution in [3.05, 3.63) is 24.2 Å². The first-order valence-corrected chi connectivity index (χ1v) is 7.84. The van der Waals surface area contributed by atoms with Crippen LogP contribution in [0.15, 0.2) is 24.2 Å². The molecule has 0 aliphatic carbocycles. The lowest BCUT2D eigenvalue weighted by Crippen LogP contribution is -2.42. The molecule has 1 amide bonds. The molecule has 0 radical (unpaired) electrons. The molecule has 3 rings (SSSR count). The van der Waals surface area contributed by atoms with Crippen LogP contribution in [0.25, 0.3) is 0 Å². The molecule has 1 atom stereocenters. The van der Waals surface area contributed by atoms with Crippen molar-refractivity contribution < 1.29 is 4.79 Å². The van der Waals surface area contributed by atoms with E-state index in [1.165, 1.54) is 11.3 Å². The zero-order valence-corrected chi connectivity index (χ0v) is 12.7. The first-order chi connectivity index (χ1) is 10.2. The van der Waals surface area contributed by atoms with Gasteiger partial charge in [-0.25, -0.2) is 9.97 Å². The van der Waals surface area contributed by atoms with Crippen LogP contribution < -0.4 is 4.90 Å². The summed E-state index contributed by atoms with van der Waals surface area (Å²) in [7, 11) is 1.78. The van der Waals surface area contributed by atoms with E-state index in [2.05, 4.69) is 20.0 Å². The predicted octanol–water partition coefficient (Wildman–Crippen LogP) is 0.862. The molecular weight excluding hydrogens is 288 g/mol. The summed E-state index contributed by atoms with van der Waals surface area (Å²) in [6.45, 7) is 2.17. The molecule has 1 unspecified atom stereocenters. The van der Waals surface area contributed by atoms with Crippen LogP contribution in [-0.4, -0.2) is 56.7 Å². The Bertz CT molecular complexity index is 570. The minimum absolute atomic E-state index is 0.0791. The standard InChI is InChI=1S/C13H18N6OS/c1-17(13-15-4-6-21-13)12(20)8-18-5-2-3-11(18)7-19-10-14-9-16-19/h4,6,9-11H,2-3,5,7-8H2,1H3. The number of thiazole rings is 1. The second-order valence-corrected chi connectivity index (χ2v) is 6.02. The van der Waals surface area contributed by atoms with E-state index < -0.39 is 0 Å². The van der Waals surface area contributed by atoms with Crippen molar-refractivity contribution in [2.75, 3.05) is 25.0 Å². The summed E-state index contributed by atoms with van der Waals surface area (Å²) in [5.74, 6) is 0.0791. The Labute approximate surface area is 127 Å². The topological polar surface area (TPSA) is 67.2 Å². The summed E-state index contributed by atoms with van der Waals surface area (Å²) in [5.41, 5.74) is 0. The average Bonchev–Trinajstić information content (AvgIpc) is 3.21. The molecule has 1 aliphatic rings. The van der Waals surface area contributed by atoms with Gasteiger partial charge < -0.3 is 0 Å². The molecule has 0 aromatic carbocycles. The SMILES string of the molecule is CN(C(=O)CN1CCCC1Cn1cncn1)c1nccs1. The quantitative estimate of drug-likeness (QED) is 0.820. The summed E-state index contributed by atoms with van der Waals surface area (Å²) in [4.78, 5) is 24.4. The maximum atomic E-state index is 12.4. The normalized spacial score (nSPS) is 19.0. The van der Waals surface area contributed by atoms with Crippen LogP contribution in [0, 0.1) is 0 Å². The van der Waals surface area contributed by atoms with Gasteiger partial charge in [0.2, 0.25) is 5.91 Å². The zero-order chi connectivity index (χ0) is 14.7. The van der Waals surface area contributed by atoms with E-state index in [0.29, 0.717) is 12.6 Å². The van der Waals surface area contributed by atoms with E-state index in [1.807, 2.05) is 10.1 Å². The molecule has 7 nitrogen and oxygen atoms in total. The van der Waals surface area contributed by atoms with Crippen molar-refractivity contribution in [2.24, 2.45) is 0 Å². The third-order valence-electron chi connectivity index (χ3n) is 3.78. The third kappa shape index (κ3) is 3.27. The van der Waals surface area contributed by atoms with Gasteiger partial charge in [-0.3, -0.25) is 19.3 Å². The van der Waals surface area contributed by atoms with Crippen LogP contribution in [0.3, 0.4) is 0 Å². The molecule has 3 heterocycles. The Kier molecular flexibility index (Phi) is 4.26. The molecule has 1 aliphatic heterocycles. The highest BCUT2D eigenvalue weighted by Gasteiger charge is 2.28. The van der Waals surface area contributed by atoms with Gasteiger partial charge in [-0.1, -0.05) is 0 Å². The van der Waals surface area contributed by atoms with Crippen molar-refractivity contribution >= 4 is 22.4 Å². The summed E-state index contributed by atoms with van der Waals surface area (Å²) in [5, 5.41) is 6.76. The lowest BCUT2D eigenvalue weighted by Gasteiger charge is -2.25. The number of anilines is 1. The Morgan fingerprint density at radius 2 is 2.48 bits per heavy atom. The predicted molar refractivity (Wildman–Crippen MR) is 80.1 cm³/mol. The van der Waals surface area contributed by atoms with Crippen molar-refractivity contribution in [3.63, 3.8) is 0 Å². The van der Waals surface area contributed by atoms with Gasteiger partial charge in [0, 0.05) is 24.7 Å². The van der Waals surface area contributed by atoms with Crippen LogP contribution in [0.5, 0.6) is 0 Å². The van der Waals surface area contributed by atoms with Crippen LogP contribution >= 0.6 is 11.3 Å². The Hall–Kier alpha value is -1.80. The number of hydrogen-bond acceptors (Lipinski definition) is 6. The fourth-order valence-corrected chi connectivity index (χ4v) is 3.25. The number of rotatable bonds is 5. The largest absolute Gasteiger partial charge is 0.290 e. The molecule has 0 saturated carbocycles. The number of amides is 1. The summed E-state index contributed by atoms with van der Waals surface area (Å²) >= 11 is 1.47. The van der Waals surface area contributed by atoms with Gasteiger partial charge in [0.1, 0.15) is 12.7 Å². The second kappa shape index (κ2) is 6.31. The fourth-order valence-electron chi connectivity index (χ4n) is 2.62.